The van der Waals surface area contributed by atoms with Gasteiger partial charge >= 0.3 is 5.97 Å². The molecular formula is C14H12N2O4. The maximum absolute atomic E-state index is 10.9. The third kappa shape index (κ3) is 3.17. The number of carbonyl (C=O) groups is 1. The summed E-state index contributed by atoms with van der Waals surface area (Å²) in [5, 5.41) is 19.6. The molecule has 102 valence electrons. The normalized spacial score (nSPS) is 10.2. The van der Waals surface area contributed by atoms with Crippen molar-refractivity contribution in [3.8, 4) is 11.3 Å². The third-order valence-corrected chi connectivity index (χ3v) is 2.84. The number of rotatable bonds is 5. The lowest BCUT2D eigenvalue weighted by Crippen LogP contribution is -1.97. The van der Waals surface area contributed by atoms with Crippen LogP contribution in [0.4, 0.5) is 5.69 Å². The average molecular weight is 272 g/mol. The first-order chi connectivity index (χ1) is 9.58. The Morgan fingerprint density at radius 1 is 1.25 bits per heavy atom. The van der Waals surface area contributed by atoms with Crippen molar-refractivity contribution in [3.63, 3.8) is 0 Å². The summed E-state index contributed by atoms with van der Waals surface area (Å²) in [6, 6.07) is 9.87. The highest BCUT2D eigenvalue weighted by molar-refractivity contribution is 5.69. The van der Waals surface area contributed by atoms with Gasteiger partial charge in [0.15, 0.2) is 0 Å². The molecule has 0 fully saturated rings. The molecule has 2 aromatic rings. The van der Waals surface area contributed by atoms with Crippen LogP contribution in [-0.4, -0.2) is 21.0 Å². The van der Waals surface area contributed by atoms with Gasteiger partial charge in [0.05, 0.1) is 4.92 Å². The van der Waals surface area contributed by atoms with Crippen molar-refractivity contribution in [2.24, 2.45) is 0 Å². The standard InChI is InChI=1S/C14H12N2O4/c17-13(18)8-5-10-3-6-11(7-4-10)14-12(16(19)20)2-1-9-15-14/h1-4,6-7,9H,5,8H2,(H,17,18). The molecule has 0 saturated heterocycles. The average Bonchev–Trinajstić information content (AvgIpc) is 2.45. The molecule has 6 heteroatoms. The molecule has 1 heterocycles. The number of aryl methyl sites for hydroxylation is 1. The number of benzene rings is 1. The zero-order chi connectivity index (χ0) is 14.5. The first kappa shape index (κ1) is 13.7. The number of carboxylic acids is 1. The number of hydrogen-bond donors (Lipinski definition) is 1. The number of carboxylic acid groups (broad SMARTS) is 1. The van der Waals surface area contributed by atoms with E-state index in [-0.39, 0.29) is 12.1 Å². The molecule has 1 N–H and O–H groups in total. The van der Waals surface area contributed by atoms with Crippen molar-refractivity contribution in [2.75, 3.05) is 0 Å². The van der Waals surface area contributed by atoms with Gasteiger partial charge in [-0.1, -0.05) is 24.3 Å². The van der Waals surface area contributed by atoms with E-state index in [1.54, 1.807) is 24.3 Å². The van der Waals surface area contributed by atoms with Crippen LogP contribution in [0.3, 0.4) is 0 Å². The lowest BCUT2D eigenvalue weighted by molar-refractivity contribution is -0.384. The van der Waals surface area contributed by atoms with E-state index in [2.05, 4.69) is 4.98 Å². The quantitative estimate of drug-likeness (QED) is 0.667. The first-order valence-corrected chi connectivity index (χ1v) is 5.98. The fourth-order valence-electron chi connectivity index (χ4n) is 1.85. The zero-order valence-corrected chi connectivity index (χ0v) is 10.5. The summed E-state index contributed by atoms with van der Waals surface area (Å²) in [5.74, 6) is -0.852. The fourth-order valence-corrected chi connectivity index (χ4v) is 1.85. The van der Waals surface area contributed by atoms with Crippen LogP contribution in [0.15, 0.2) is 42.6 Å². The van der Waals surface area contributed by atoms with E-state index in [4.69, 9.17) is 5.11 Å². The summed E-state index contributed by atoms with van der Waals surface area (Å²) in [5.41, 5.74) is 1.76. The van der Waals surface area contributed by atoms with Crippen molar-refractivity contribution in [3.05, 3.63) is 58.3 Å². The molecule has 0 unspecified atom stereocenters. The van der Waals surface area contributed by atoms with Gasteiger partial charge in [-0.3, -0.25) is 14.9 Å². The van der Waals surface area contributed by atoms with Crippen LogP contribution in [0.1, 0.15) is 12.0 Å². The Morgan fingerprint density at radius 2 is 1.95 bits per heavy atom. The van der Waals surface area contributed by atoms with Crippen molar-refractivity contribution < 1.29 is 14.8 Å². The van der Waals surface area contributed by atoms with E-state index in [1.165, 1.54) is 18.3 Å². The molecular weight excluding hydrogens is 260 g/mol. The molecule has 0 aliphatic rings. The molecule has 0 amide bonds. The molecule has 20 heavy (non-hydrogen) atoms. The van der Waals surface area contributed by atoms with Gasteiger partial charge in [-0.25, -0.2) is 4.98 Å². The van der Waals surface area contributed by atoms with Crippen molar-refractivity contribution >= 4 is 11.7 Å². The molecule has 0 bridgehead atoms. The van der Waals surface area contributed by atoms with Gasteiger partial charge in [-0.15, -0.1) is 0 Å². The minimum Gasteiger partial charge on any atom is -0.481 e. The Labute approximate surface area is 114 Å². The molecule has 0 atom stereocenters. The first-order valence-electron chi connectivity index (χ1n) is 5.98. The van der Waals surface area contributed by atoms with Gasteiger partial charge in [-0.2, -0.15) is 0 Å². The largest absolute Gasteiger partial charge is 0.481 e. The number of aromatic nitrogens is 1. The number of hydrogen-bond acceptors (Lipinski definition) is 4. The van der Waals surface area contributed by atoms with E-state index in [0.29, 0.717) is 17.7 Å². The Kier molecular flexibility index (Phi) is 4.05. The highest BCUT2D eigenvalue weighted by Gasteiger charge is 2.15. The Balaban J connectivity index is 2.26. The van der Waals surface area contributed by atoms with E-state index < -0.39 is 10.9 Å². The number of nitrogens with zero attached hydrogens (tertiary/aromatic N) is 2. The van der Waals surface area contributed by atoms with Gasteiger partial charge in [0.25, 0.3) is 5.69 Å². The maximum atomic E-state index is 10.9. The van der Waals surface area contributed by atoms with Crippen LogP contribution >= 0.6 is 0 Å². The van der Waals surface area contributed by atoms with E-state index in [9.17, 15) is 14.9 Å². The molecule has 0 radical (unpaired) electrons. The summed E-state index contributed by atoms with van der Waals surface area (Å²) < 4.78 is 0. The van der Waals surface area contributed by atoms with Crippen molar-refractivity contribution in [1.29, 1.82) is 0 Å². The van der Waals surface area contributed by atoms with E-state index in [1.807, 2.05) is 0 Å². The zero-order valence-electron chi connectivity index (χ0n) is 10.5. The fraction of sp³-hybridized carbons (Fsp3) is 0.143. The van der Waals surface area contributed by atoms with Crippen LogP contribution in [0.25, 0.3) is 11.3 Å². The van der Waals surface area contributed by atoms with Crippen LogP contribution in [0.5, 0.6) is 0 Å². The molecule has 0 spiro atoms. The summed E-state index contributed by atoms with van der Waals surface area (Å²) >= 11 is 0. The van der Waals surface area contributed by atoms with Crippen LogP contribution in [0, 0.1) is 10.1 Å². The Hall–Kier alpha value is -2.76. The minimum absolute atomic E-state index is 0.0502. The summed E-state index contributed by atoms with van der Waals surface area (Å²) in [4.78, 5) is 25.0. The minimum atomic E-state index is -0.852. The third-order valence-electron chi connectivity index (χ3n) is 2.84. The van der Waals surface area contributed by atoms with Crippen LogP contribution < -0.4 is 0 Å². The topological polar surface area (TPSA) is 93.3 Å². The smallest absolute Gasteiger partial charge is 0.303 e. The highest BCUT2D eigenvalue weighted by Crippen LogP contribution is 2.27. The number of nitro groups is 1. The predicted octanol–water partition coefficient (Wildman–Crippen LogP) is 2.67. The van der Waals surface area contributed by atoms with Crippen molar-refractivity contribution in [2.45, 2.75) is 12.8 Å². The lowest BCUT2D eigenvalue weighted by Gasteiger charge is -2.03. The number of aliphatic carboxylic acids is 1. The van der Waals surface area contributed by atoms with Crippen LogP contribution in [-0.2, 0) is 11.2 Å². The number of pyridine rings is 1. The second kappa shape index (κ2) is 5.92. The van der Waals surface area contributed by atoms with Gasteiger partial charge in [0.2, 0.25) is 0 Å². The summed E-state index contributed by atoms with van der Waals surface area (Å²) in [6.45, 7) is 0. The monoisotopic (exact) mass is 272 g/mol. The van der Waals surface area contributed by atoms with Gasteiger partial charge in [-0.05, 0) is 18.1 Å². The Morgan fingerprint density at radius 3 is 2.55 bits per heavy atom. The SMILES string of the molecule is O=C(O)CCc1ccc(-c2ncccc2[N+](=O)[O-])cc1. The lowest BCUT2D eigenvalue weighted by atomic mass is 10.0. The van der Waals surface area contributed by atoms with Gasteiger partial charge in [0.1, 0.15) is 5.69 Å². The Bertz CT molecular complexity index is 638. The molecule has 0 aliphatic heterocycles. The summed E-state index contributed by atoms with van der Waals surface area (Å²) in [6.07, 6.45) is 1.99. The predicted molar refractivity (Wildman–Crippen MR) is 72.3 cm³/mol. The maximum Gasteiger partial charge on any atom is 0.303 e. The highest BCUT2D eigenvalue weighted by atomic mass is 16.6. The summed E-state index contributed by atoms with van der Waals surface area (Å²) in [7, 11) is 0. The van der Waals surface area contributed by atoms with Crippen molar-refractivity contribution in [1.82, 2.24) is 4.98 Å². The van der Waals surface area contributed by atoms with E-state index in [0.717, 1.165) is 5.56 Å². The van der Waals surface area contributed by atoms with Crippen LogP contribution in [0.2, 0.25) is 0 Å². The second-order valence-corrected chi connectivity index (χ2v) is 4.22. The molecule has 6 nitrogen and oxygen atoms in total. The molecule has 0 aliphatic carbocycles. The van der Waals surface area contributed by atoms with Gasteiger partial charge in [0, 0.05) is 24.2 Å². The van der Waals surface area contributed by atoms with E-state index >= 15 is 0 Å². The second-order valence-electron chi connectivity index (χ2n) is 4.22. The molecule has 2 rings (SSSR count). The van der Waals surface area contributed by atoms with Gasteiger partial charge < -0.3 is 5.11 Å². The molecule has 1 aromatic carbocycles. The molecule has 1 aromatic heterocycles. The molecule has 0 saturated carbocycles.